The van der Waals surface area contributed by atoms with Gasteiger partial charge in [0.15, 0.2) is 11.5 Å². The molecule has 3 aromatic heterocycles. The maximum absolute atomic E-state index is 13.4. The monoisotopic (exact) mass is 433 g/mol. The predicted octanol–water partition coefficient (Wildman–Crippen LogP) is 4.97. The standard InChI is InChI=1S/C24H23N3O3S/c1-14-12-15(2)25-24-20(14)21(27-8-4-5-9-27)22(31-24)23(28)26-16(3)17-6-7-18-19(13-17)30-11-10-29-18/h4-9,12-13,16H,10-11H2,1-3H3,(H,26,28). The number of benzene rings is 1. The first-order chi connectivity index (χ1) is 15.0. The molecule has 0 spiro atoms. The minimum Gasteiger partial charge on any atom is -0.486 e. The lowest BCUT2D eigenvalue weighted by Gasteiger charge is -2.21. The normalized spacial score (nSPS) is 13.9. The van der Waals surface area contributed by atoms with Crippen LogP contribution in [0.2, 0.25) is 0 Å². The zero-order chi connectivity index (χ0) is 21.5. The van der Waals surface area contributed by atoms with Crippen molar-refractivity contribution in [3.05, 3.63) is 70.5 Å². The second kappa shape index (κ2) is 7.74. The molecule has 158 valence electrons. The molecule has 0 radical (unpaired) electrons. The lowest BCUT2D eigenvalue weighted by Crippen LogP contribution is -2.27. The van der Waals surface area contributed by atoms with Gasteiger partial charge in [0, 0.05) is 23.5 Å². The van der Waals surface area contributed by atoms with Crippen LogP contribution in [0.1, 0.15) is 39.5 Å². The molecule has 1 aliphatic rings. The summed E-state index contributed by atoms with van der Waals surface area (Å²) >= 11 is 1.43. The summed E-state index contributed by atoms with van der Waals surface area (Å²) in [4.78, 5) is 19.6. The van der Waals surface area contributed by atoms with Gasteiger partial charge in [-0.15, -0.1) is 11.3 Å². The van der Waals surface area contributed by atoms with Gasteiger partial charge < -0.3 is 19.4 Å². The Balaban J connectivity index is 1.51. The van der Waals surface area contributed by atoms with Gasteiger partial charge in [0.05, 0.1) is 11.7 Å². The second-order valence-electron chi connectivity index (χ2n) is 7.73. The third-order valence-corrected chi connectivity index (χ3v) is 6.52. The minimum absolute atomic E-state index is 0.119. The number of rotatable bonds is 4. The van der Waals surface area contributed by atoms with E-state index in [4.69, 9.17) is 14.5 Å². The Morgan fingerprint density at radius 3 is 2.65 bits per heavy atom. The largest absolute Gasteiger partial charge is 0.486 e. The van der Waals surface area contributed by atoms with E-state index in [9.17, 15) is 4.79 Å². The smallest absolute Gasteiger partial charge is 0.264 e. The highest BCUT2D eigenvalue weighted by molar-refractivity contribution is 7.21. The van der Waals surface area contributed by atoms with E-state index in [1.807, 2.05) is 61.1 Å². The summed E-state index contributed by atoms with van der Waals surface area (Å²) in [6.07, 6.45) is 3.92. The van der Waals surface area contributed by atoms with E-state index in [0.29, 0.717) is 18.1 Å². The molecular weight excluding hydrogens is 410 g/mol. The molecule has 4 heterocycles. The van der Waals surface area contributed by atoms with Crippen LogP contribution in [0.3, 0.4) is 0 Å². The summed E-state index contributed by atoms with van der Waals surface area (Å²) in [6, 6.07) is 11.6. The Hall–Kier alpha value is -3.32. The third kappa shape index (κ3) is 3.55. The number of ether oxygens (including phenoxy) is 2. The number of fused-ring (bicyclic) bond motifs is 2. The van der Waals surface area contributed by atoms with Gasteiger partial charge in [0.1, 0.15) is 22.9 Å². The summed E-state index contributed by atoms with van der Waals surface area (Å²) in [6.45, 7) is 7.10. The number of hydrogen-bond donors (Lipinski definition) is 1. The first-order valence-electron chi connectivity index (χ1n) is 10.3. The first-order valence-corrected chi connectivity index (χ1v) is 11.1. The van der Waals surface area contributed by atoms with E-state index in [1.54, 1.807) is 0 Å². The van der Waals surface area contributed by atoms with Crippen LogP contribution in [0.5, 0.6) is 11.5 Å². The van der Waals surface area contributed by atoms with E-state index < -0.39 is 0 Å². The number of carbonyl (C=O) groups excluding carboxylic acids is 1. The van der Waals surface area contributed by atoms with Gasteiger partial charge in [-0.2, -0.15) is 0 Å². The van der Waals surface area contributed by atoms with Crippen LogP contribution in [0.15, 0.2) is 48.8 Å². The molecule has 1 unspecified atom stereocenters. The molecule has 4 aromatic rings. The predicted molar refractivity (Wildman–Crippen MR) is 122 cm³/mol. The number of aromatic nitrogens is 2. The van der Waals surface area contributed by atoms with Crippen LogP contribution >= 0.6 is 11.3 Å². The van der Waals surface area contributed by atoms with Crippen LogP contribution in [-0.4, -0.2) is 28.7 Å². The van der Waals surface area contributed by atoms with Crippen molar-refractivity contribution in [2.45, 2.75) is 26.8 Å². The molecule has 7 heteroatoms. The molecule has 1 aromatic carbocycles. The Morgan fingerprint density at radius 1 is 1.13 bits per heavy atom. The molecule has 0 bridgehead atoms. The van der Waals surface area contributed by atoms with Crippen LogP contribution in [-0.2, 0) is 0 Å². The molecule has 0 saturated carbocycles. The van der Waals surface area contributed by atoms with Gasteiger partial charge in [-0.3, -0.25) is 4.79 Å². The van der Waals surface area contributed by atoms with Gasteiger partial charge in [-0.05, 0) is 62.2 Å². The van der Waals surface area contributed by atoms with Crippen molar-refractivity contribution in [1.82, 2.24) is 14.9 Å². The van der Waals surface area contributed by atoms with E-state index in [-0.39, 0.29) is 11.9 Å². The minimum atomic E-state index is -0.193. The van der Waals surface area contributed by atoms with Crippen molar-refractivity contribution >= 4 is 27.5 Å². The number of aryl methyl sites for hydroxylation is 2. The number of pyridine rings is 1. The maximum atomic E-state index is 13.4. The molecule has 6 nitrogen and oxygen atoms in total. The van der Waals surface area contributed by atoms with Gasteiger partial charge >= 0.3 is 0 Å². The number of amides is 1. The van der Waals surface area contributed by atoms with E-state index in [0.717, 1.165) is 44.2 Å². The summed E-state index contributed by atoms with van der Waals surface area (Å²) in [5, 5.41) is 4.17. The molecule has 1 N–H and O–H groups in total. The number of thiophene rings is 1. The van der Waals surface area contributed by atoms with Crippen LogP contribution in [0.4, 0.5) is 0 Å². The summed E-state index contributed by atoms with van der Waals surface area (Å²) in [5.41, 5.74) is 3.90. The second-order valence-corrected chi connectivity index (χ2v) is 8.73. The highest BCUT2D eigenvalue weighted by atomic mass is 32.1. The Morgan fingerprint density at radius 2 is 1.87 bits per heavy atom. The molecule has 0 aliphatic carbocycles. The lowest BCUT2D eigenvalue weighted by molar-refractivity contribution is 0.0944. The van der Waals surface area contributed by atoms with Gasteiger partial charge in [-0.25, -0.2) is 4.98 Å². The third-order valence-electron chi connectivity index (χ3n) is 5.44. The van der Waals surface area contributed by atoms with Gasteiger partial charge in [0.2, 0.25) is 0 Å². The van der Waals surface area contributed by atoms with E-state index >= 15 is 0 Å². The molecule has 31 heavy (non-hydrogen) atoms. The quantitative estimate of drug-likeness (QED) is 0.494. The van der Waals surface area contributed by atoms with Crippen molar-refractivity contribution in [3.8, 4) is 17.2 Å². The average molecular weight is 434 g/mol. The fraction of sp³-hybridized carbons (Fsp3) is 0.250. The Bertz CT molecular complexity index is 1280. The first kappa shape index (κ1) is 19.6. The summed E-state index contributed by atoms with van der Waals surface area (Å²) in [5.74, 6) is 1.34. The highest BCUT2D eigenvalue weighted by Crippen LogP contribution is 2.37. The fourth-order valence-electron chi connectivity index (χ4n) is 3.98. The molecular formula is C24H23N3O3S. The maximum Gasteiger partial charge on any atom is 0.264 e. The van der Waals surface area contributed by atoms with Crippen LogP contribution in [0.25, 0.3) is 15.9 Å². The van der Waals surface area contributed by atoms with Gasteiger partial charge in [-0.1, -0.05) is 6.07 Å². The average Bonchev–Trinajstić information content (AvgIpc) is 3.41. The van der Waals surface area contributed by atoms with Crippen molar-refractivity contribution < 1.29 is 14.3 Å². The summed E-state index contributed by atoms with van der Waals surface area (Å²) < 4.78 is 13.3. The number of nitrogens with zero attached hydrogens (tertiary/aromatic N) is 2. The zero-order valence-electron chi connectivity index (χ0n) is 17.6. The van der Waals surface area contributed by atoms with Crippen molar-refractivity contribution in [1.29, 1.82) is 0 Å². The van der Waals surface area contributed by atoms with E-state index in [2.05, 4.69) is 18.3 Å². The van der Waals surface area contributed by atoms with Crippen molar-refractivity contribution in [2.75, 3.05) is 13.2 Å². The zero-order valence-corrected chi connectivity index (χ0v) is 18.5. The van der Waals surface area contributed by atoms with Crippen LogP contribution in [0, 0.1) is 13.8 Å². The highest BCUT2D eigenvalue weighted by Gasteiger charge is 2.24. The topological polar surface area (TPSA) is 65.4 Å². The SMILES string of the molecule is Cc1cc(C)c2c(-n3cccc3)c(C(=O)NC(C)c3ccc4c(c3)OCCO4)sc2n1. The van der Waals surface area contributed by atoms with Crippen LogP contribution < -0.4 is 14.8 Å². The molecule has 1 amide bonds. The number of hydrogen-bond acceptors (Lipinski definition) is 5. The molecule has 1 atom stereocenters. The number of carbonyl (C=O) groups is 1. The Kier molecular flexibility index (Phi) is 4.90. The molecule has 0 saturated heterocycles. The van der Waals surface area contributed by atoms with Gasteiger partial charge in [0.25, 0.3) is 5.91 Å². The lowest BCUT2D eigenvalue weighted by atomic mass is 10.1. The van der Waals surface area contributed by atoms with E-state index in [1.165, 1.54) is 11.3 Å². The van der Waals surface area contributed by atoms with Crippen molar-refractivity contribution in [3.63, 3.8) is 0 Å². The molecule has 0 fully saturated rings. The number of nitrogens with one attached hydrogen (secondary N) is 1. The molecule has 1 aliphatic heterocycles. The molecule has 5 rings (SSSR count). The fourth-order valence-corrected chi connectivity index (χ4v) is 5.18. The summed E-state index contributed by atoms with van der Waals surface area (Å²) in [7, 11) is 0. The van der Waals surface area contributed by atoms with Crippen molar-refractivity contribution in [2.24, 2.45) is 0 Å². The Labute approximate surface area is 184 Å².